The number of ether oxygens (including phenoxy) is 3. The van der Waals surface area contributed by atoms with Crippen LogP contribution in [-0.4, -0.2) is 23.6 Å². The predicted octanol–water partition coefficient (Wildman–Crippen LogP) is 4.94. The first-order chi connectivity index (χ1) is 13.0. The largest absolute Gasteiger partial charge is 0.484 e. The zero-order valence-corrected chi connectivity index (χ0v) is 15.9. The van der Waals surface area contributed by atoms with Crippen LogP contribution in [0.15, 0.2) is 78.6 Å². The Morgan fingerprint density at radius 3 is 2.00 bits per heavy atom. The third-order valence-electron chi connectivity index (χ3n) is 5.69. The van der Waals surface area contributed by atoms with Gasteiger partial charge in [-0.2, -0.15) is 0 Å². The van der Waals surface area contributed by atoms with E-state index in [1.165, 1.54) is 0 Å². The standard InChI is InChI=1S/C24H24O3/c1-23(2)25-21-18-14-15-24(3,22(21)27-23)26-20(18)19(16-10-6-4-7-11-16)17-12-8-5-9-13-17/h4-15,18,21-22H,1-3H3/t18-,21-,22-,24-/m0/s1. The highest BCUT2D eigenvalue weighted by Crippen LogP contribution is 2.52. The summed E-state index contributed by atoms with van der Waals surface area (Å²) in [6.45, 7) is 6.05. The molecule has 2 aromatic rings. The Labute approximate surface area is 160 Å². The fraction of sp³-hybridized carbons (Fsp3) is 0.333. The Balaban J connectivity index is 1.71. The Morgan fingerprint density at radius 2 is 1.41 bits per heavy atom. The van der Waals surface area contributed by atoms with E-state index in [1.807, 2.05) is 26.0 Å². The van der Waals surface area contributed by atoms with Crippen molar-refractivity contribution < 1.29 is 14.2 Å². The first-order valence-corrected chi connectivity index (χ1v) is 9.56. The lowest BCUT2D eigenvalue weighted by molar-refractivity contribution is -0.160. The highest BCUT2D eigenvalue weighted by Gasteiger charge is 2.60. The smallest absolute Gasteiger partial charge is 0.164 e. The van der Waals surface area contributed by atoms with Crippen LogP contribution in [0.5, 0.6) is 0 Å². The van der Waals surface area contributed by atoms with E-state index in [9.17, 15) is 0 Å². The number of benzene rings is 2. The van der Waals surface area contributed by atoms with Crippen LogP contribution in [0.2, 0.25) is 0 Å². The van der Waals surface area contributed by atoms with Gasteiger partial charge < -0.3 is 14.2 Å². The summed E-state index contributed by atoms with van der Waals surface area (Å²) in [4.78, 5) is 0. The third kappa shape index (κ3) is 2.65. The molecule has 0 saturated carbocycles. The molecule has 0 amide bonds. The van der Waals surface area contributed by atoms with E-state index >= 15 is 0 Å². The van der Waals surface area contributed by atoms with Gasteiger partial charge in [-0.1, -0.05) is 66.7 Å². The van der Waals surface area contributed by atoms with E-state index in [0.717, 1.165) is 22.5 Å². The summed E-state index contributed by atoms with van der Waals surface area (Å²) >= 11 is 0. The van der Waals surface area contributed by atoms with E-state index in [-0.39, 0.29) is 18.1 Å². The SMILES string of the molecule is CC1(C)O[C@H]2[C@H]3C=C[C@](C)(OC3=C(c3ccccc3)c3ccccc3)[C@H]2O1. The van der Waals surface area contributed by atoms with Crippen molar-refractivity contribution in [2.75, 3.05) is 0 Å². The van der Waals surface area contributed by atoms with Crippen LogP contribution in [0.4, 0.5) is 0 Å². The average molecular weight is 360 g/mol. The van der Waals surface area contributed by atoms with E-state index in [1.54, 1.807) is 0 Å². The van der Waals surface area contributed by atoms with Gasteiger partial charge in [0.1, 0.15) is 18.0 Å². The molecule has 3 aliphatic heterocycles. The molecule has 27 heavy (non-hydrogen) atoms. The normalized spacial score (nSPS) is 32.9. The van der Waals surface area contributed by atoms with Crippen LogP contribution in [0.3, 0.4) is 0 Å². The Bertz CT molecular complexity index is 872. The van der Waals surface area contributed by atoms with Crippen molar-refractivity contribution in [1.29, 1.82) is 0 Å². The van der Waals surface area contributed by atoms with Gasteiger partial charge in [-0.25, -0.2) is 0 Å². The molecule has 2 bridgehead atoms. The van der Waals surface area contributed by atoms with Gasteiger partial charge in [0.2, 0.25) is 0 Å². The molecule has 3 heterocycles. The molecule has 0 N–H and O–H groups in total. The van der Waals surface area contributed by atoms with Crippen molar-refractivity contribution in [3.8, 4) is 0 Å². The van der Waals surface area contributed by atoms with Crippen molar-refractivity contribution in [3.63, 3.8) is 0 Å². The van der Waals surface area contributed by atoms with Gasteiger partial charge in [0.05, 0.1) is 5.92 Å². The maximum Gasteiger partial charge on any atom is 0.164 e. The average Bonchev–Trinajstić information content (AvgIpc) is 3.01. The molecular formula is C24H24O3. The Morgan fingerprint density at radius 1 is 0.815 bits per heavy atom. The van der Waals surface area contributed by atoms with Gasteiger partial charge in [-0.05, 0) is 38.0 Å². The fourth-order valence-corrected chi connectivity index (χ4v) is 4.51. The zero-order valence-electron chi connectivity index (χ0n) is 15.9. The maximum atomic E-state index is 6.64. The Kier molecular flexibility index (Phi) is 3.62. The zero-order chi connectivity index (χ0) is 18.6. The van der Waals surface area contributed by atoms with Crippen LogP contribution in [0.25, 0.3) is 5.57 Å². The van der Waals surface area contributed by atoms with Crippen molar-refractivity contribution in [3.05, 3.63) is 89.7 Å². The number of fused-ring (bicyclic) bond motifs is 1. The lowest BCUT2D eigenvalue weighted by atomic mass is 9.75. The van der Waals surface area contributed by atoms with Gasteiger partial charge >= 0.3 is 0 Å². The third-order valence-corrected chi connectivity index (χ3v) is 5.69. The summed E-state index contributed by atoms with van der Waals surface area (Å²) in [5.41, 5.74) is 2.90. The number of hydrogen-bond donors (Lipinski definition) is 0. The van der Waals surface area contributed by atoms with Crippen LogP contribution < -0.4 is 0 Å². The predicted molar refractivity (Wildman–Crippen MR) is 105 cm³/mol. The summed E-state index contributed by atoms with van der Waals surface area (Å²) in [6, 6.07) is 20.9. The molecule has 3 heteroatoms. The molecule has 0 radical (unpaired) electrons. The van der Waals surface area contributed by atoms with E-state index < -0.39 is 11.4 Å². The topological polar surface area (TPSA) is 27.7 Å². The fourth-order valence-electron chi connectivity index (χ4n) is 4.51. The summed E-state index contributed by atoms with van der Waals surface area (Å²) in [5, 5.41) is 0. The highest BCUT2D eigenvalue weighted by atomic mass is 16.8. The second-order valence-electron chi connectivity index (χ2n) is 8.16. The first-order valence-electron chi connectivity index (χ1n) is 9.56. The molecule has 1 aliphatic carbocycles. The molecule has 6 rings (SSSR count). The van der Waals surface area contributed by atoms with Crippen molar-refractivity contribution in [2.24, 2.45) is 5.92 Å². The van der Waals surface area contributed by atoms with Gasteiger partial charge in [0.15, 0.2) is 11.4 Å². The van der Waals surface area contributed by atoms with Gasteiger partial charge in [-0.3, -0.25) is 0 Å². The van der Waals surface area contributed by atoms with E-state index in [2.05, 4.69) is 67.6 Å². The molecule has 3 nitrogen and oxygen atoms in total. The molecule has 2 fully saturated rings. The molecule has 138 valence electrons. The highest BCUT2D eigenvalue weighted by molar-refractivity contribution is 5.82. The van der Waals surface area contributed by atoms with Crippen molar-refractivity contribution in [1.82, 2.24) is 0 Å². The van der Waals surface area contributed by atoms with Crippen LogP contribution >= 0.6 is 0 Å². The second kappa shape index (κ2) is 5.82. The molecule has 0 aromatic heterocycles. The van der Waals surface area contributed by atoms with Crippen molar-refractivity contribution >= 4 is 5.57 Å². The van der Waals surface area contributed by atoms with Gasteiger partial charge in [-0.15, -0.1) is 0 Å². The minimum Gasteiger partial charge on any atom is -0.484 e. The van der Waals surface area contributed by atoms with Crippen LogP contribution in [0, 0.1) is 5.92 Å². The molecular weight excluding hydrogens is 336 g/mol. The van der Waals surface area contributed by atoms with E-state index in [0.29, 0.717) is 0 Å². The van der Waals surface area contributed by atoms with Crippen LogP contribution in [0.1, 0.15) is 31.9 Å². The quantitative estimate of drug-likeness (QED) is 0.710. The molecule has 2 saturated heterocycles. The second-order valence-corrected chi connectivity index (χ2v) is 8.16. The molecule has 4 aliphatic rings. The lowest BCUT2D eigenvalue weighted by Gasteiger charge is -2.48. The van der Waals surface area contributed by atoms with E-state index in [4.69, 9.17) is 14.2 Å². The minimum atomic E-state index is -0.598. The molecule has 0 unspecified atom stereocenters. The monoisotopic (exact) mass is 360 g/mol. The summed E-state index contributed by atoms with van der Waals surface area (Å²) < 4.78 is 19.2. The van der Waals surface area contributed by atoms with Gasteiger partial charge in [0, 0.05) is 5.57 Å². The summed E-state index contributed by atoms with van der Waals surface area (Å²) in [6.07, 6.45) is 4.23. The first kappa shape index (κ1) is 16.8. The number of hydrogen-bond acceptors (Lipinski definition) is 3. The minimum absolute atomic E-state index is 0.0361. The summed E-state index contributed by atoms with van der Waals surface area (Å²) in [7, 11) is 0. The summed E-state index contributed by atoms with van der Waals surface area (Å²) in [5.74, 6) is 0.410. The maximum absolute atomic E-state index is 6.64. The number of rotatable bonds is 2. The Hall–Kier alpha value is -2.36. The van der Waals surface area contributed by atoms with Crippen LogP contribution in [-0.2, 0) is 14.2 Å². The van der Waals surface area contributed by atoms with Crippen molar-refractivity contribution in [2.45, 2.75) is 44.4 Å². The molecule has 0 spiro atoms. The van der Waals surface area contributed by atoms with Gasteiger partial charge in [0.25, 0.3) is 0 Å². The molecule has 2 aromatic carbocycles. The molecule has 4 atom stereocenters. The lowest BCUT2D eigenvalue weighted by Crippen LogP contribution is -2.56.